The summed E-state index contributed by atoms with van der Waals surface area (Å²) >= 11 is 0. The molecule has 3 heteroatoms. The summed E-state index contributed by atoms with van der Waals surface area (Å²) in [7, 11) is 0. The molecule has 1 unspecified atom stereocenters. The molecular weight excluding hydrogens is 236 g/mol. The third-order valence-corrected chi connectivity index (χ3v) is 3.67. The van der Waals surface area contributed by atoms with Gasteiger partial charge in [-0.05, 0) is 38.9 Å². The Hall–Kier alpha value is -1.06. The molecule has 1 aromatic rings. The molecule has 2 rings (SSSR count). The quantitative estimate of drug-likeness (QED) is 0.903. The molecule has 1 aromatic carbocycles. The number of hydrogen-bond acceptors (Lipinski definition) is 3. The summed E-state index contributed by atoms with van der Waals surface area (Å²) < 4.78 is 5.83. The van der Waals surface area contributed by atoms with Gasteiger partial charge in [-0.2, -0.15) is 0 Å². The summed E-state index contributed by atoms with van der Waals surface area (Å²) in [6.07, 6.45) is 0.595. The highest BCUT2D eigenvalue weighted by Crippen LogP contribution is 2.28. The number of hydrogen-bond donors (Lipinski definition) is 1. The molecule has 1 N–H and O–H groups in total. The van der Waals surface area contributed by atoms with Crippen LogP contribution in [0.3, 0.4) is 0 Å². The van der Waals surface area contributed by atoms with Crippen molar-refractivity contribution in [2.45, 2.75) is 45.9 Å². The van der Waals surface area contributed by atoms with Gasteiger partial charge in [0, 0.05) is 24.8 Å². The van der Waals surface area contributed by atoms with Crippen molar-refractivity contribution in [3.05, 3.63) is 29.8 Å². The van der Waals surface area contributed by atoms with Gasteiger partial charge in [0.15, 0.2) is 0 Å². The highest BCUT2D eigenvalue weighted by Gasteiger charge is 2.24. The van der Waals surface area contributed by atoms with Crippen LogP contribution in [0.4, 0.5) is 5.69 Å². The zero-order chi connectivity index (χ0) is 13.8. The highest BCUT2D eigenvalue weighted by atomic mass is 16.5. The monoisotopic (exact) mass is 262 g/mol. The molecule has 1 fully saturated rings. The third kappa shape index (κ3) is 3.48. The predicted molar refractivity (Wildman–Crippen MR) is 80.8 cm³/mol. The van der Waals surface area contributed by atoms with E-state index in [0.29, 0.717) is 18.2 Å². The molecule has 1 heterocycles. The van der Waals surface area contributed by atoms with Crippen LogP contribution in [0, 0.1) is 0 Å². The molecule has 0 bridgehead atoms. The zero-order valence-electron chi connectivity index (χ0n) is 12.5. The summed E-state index contributed by atoms with van der Waals surface area (Å²) in [6.45, 7) is 11.6. The Labute approximate surface area is 116 Å². The van der Waals surface area contributed by atoms with E-state index in [2.05, 4.69) is 62.2 Å². The van der Waals surface area contributed by atoms with Crippen molar-refractivity contribution in [2.24, 2.45) is 0 Å². The predicted octanol–water partition coefficient (Wildman–Crippen LogP) is 2.97. The number of benzene rings is 1. The maximum Gasteiger partial charge on any atom is 0.0726 e. The van der Waals surface area contributed by atoms with Crippen molar-refractivity contribution < 1.29 is 4.74 Å². The van der Waals surface area contributed by atoms with Gasteiger partial charge in [-0.1, -0.05) is 25.1 Å². The molecule has 0 aliphatic carbocycles. The molecular formula is C16H26N2O. The van der Waals surface area contributed by atoms with Crippen molar-refractivity contribution >= 4 is 5.69 Å². The Morgan fingerprint density at radius 2 is 1.89 bits per heavy atom. The first-order chi connectivity index (χ1) is 9.11. The van der Waals surface area contributed by atoms with Crippen LogP contribution < -0.4 is 10.2 Å². The SMILES string of the molecule is CCNC(C)c1ccccc1N1C[C@@H](C)O[C@@H](C)C1. The summed E-state index contributed by atoms with van der Waals surface area (Å²) in [5.41, 5.74) is 2.73. The van der Waals surface area contributed by atoms with Crippen molar-refractivity contribution in [2.75, 3.05) is 24.5 Å². The van der Waals surface area contributed by atoms with E-state index in [1.165, 1.54) is 11.3 Å². The Morgan fingerprint density at radius 3 is 2.53 bits per heavy atom. The van der Waals surface area contributed by atoms with Crippen LogP contribution in [0.25, 0.3) is 0 Å². The summed E-state index contributed by atoms with van der Waals surface area (Å²) in [5.74, 6) is 0. The number of rotatable bonds is 4. The molecule has 3 nitrogen and oxygen atoms in total. The van der Waals surface area contributed by atoms with Crippen LogP contribution in [-0.2, 0) is 4.74 Å². The average molecular weight is 262 g/mol. The van der Waals surface area contributed by atoms with Gasteiger partial charge in [0.25, 0.3) is 0 Å². The molecule has 0 amide bonds. The van der Waals surface area contributed by atoms with Gasteiger partial charge in [-0.3, -0.25) is 0 Å². The Bertz CT molecular complexity index is 397. The van der Waals surface area contributed by atoms with Gasteiger partial charge in [0.1, 0.15) is 0 Å². The molecule has 0 aromatic heterocycles. The van der Waals surface area contributed by atoms with Gasteiger partial charge in [-0.15, -0.1) is 0 Å². The molecule has 106 valence electrons. The van der Waals surface area contributed by atoms with E-state index >= 15 is 0 Å². The molecule has 0 radical (unpaired) electrons. The minimum absolute atomic E-state index is 0.297. The lowest BCUT2D eigenvalue weighted by atomic mass is 10.0. The van der Waals surface area contributed by atoms with Crippen molar-refractivity contribution in [3.63, 3.8) is 0 Å². The smallest absolute Gasteiger partial charge is 0.0726 e. The summed E-state index contributed by atoms with van der Waals surface area (Å²) in [4.78, 5) is 2.46. The minimum atomic E-state index is 0.297. The Morgan fingerprint density at radius 1 is 1.26 bits per heavy atom. The number of para-hydroxylation sites is 1. The number of ether oxygens (including phenoxy) is 1. The largest absolute Gasteiger partial charge is 0.372 e. The normalized spacial score (nSPS) is 25.4. The van der Waals surface area contributed by atoms with Crippen LogP contribution in [-0.4, -0.2) is 31.8 Å². The zero-order valence-corrected chi connectivity index (χ0v) is 12.5. The molecule has 1 aliphatic rings. The standard InChI is InChI=1S/C16H26N2O/c1-5-17-14(4)15-8-6-7-9-16(15)18-10-12(2)19-13(3)11-18/h6-9,12-14,17H,5,10-11H2,1-4H3/t12-,13+,14?. The topological polar surface area (TPSA) is 24.5 Å². The second-order valence-corrected chi connectivity index (χ2v) is 5.50. The van der Waals surface area contributed by atoms with Crippen LogP contribution in [0.2, 0.25) is 0 Å². The fourth-order valence-electron chi connectivity index (χ4n) is 2.93. The first-order valence-corrected chi connectivity index (χ1v) is 7.34. The maximum absolute atomic E-state index is 5.83. The second-order valence-electron chi connectivity index (χ2n) is 5.50. The number of anilines is 1. The van der Waals surface area contributed by atoms with E-state index in [9.17, 15) is 0 Å². The molecule has 0 saturated carbocycles. The second kappa shape index (κ2) is 6.40. The Balaban J connectivity index is 2.23. The van der Waals surface area contributed by atoms with Crippen LogP contribution in [0.1, 0.15) is 39.3 Å². The Kier molecular flexibility index (Phi) is 4.83. The van der Waals surface area contributed by atoms with E-state index in [1.807, 2.05) is 0 Å². The first-order valence-electron chi connectivity index (χ1n) is 7.34. The van der Waals surface area contributed by atoms with Crippen LogP contribution >= 0.6 is 0 Å². The molecule has 19 heavy (non-hydrogen) atoms. The lowest BCUT2D eigenvalue weighted by Gasteiger charge is -2.38. The average Bonchev–Trinajstić information content (AvgIpc) is 2.38. The lowest BCUT2D eigenvalue weighted by molar-refractivity contribution is -0.00528. The summed E-state index contributed by atoms with van der Waals surface area (Å²) in [5, 5.41) is 3.51. The maximum atomic E-state index is 5.83. The van der Waals surface area contributed by atoms with Gasteiger partial charge in [-0.25, -0.2) is 0 Å². The molecule has 1 saturated heterocycles. The fraction of sp³-hybridized carbons (Fsp3) is 0.625. The highest BCUT2D eigenvalue weighted by molar-refractivity contribution is 5.55. The lowest BCUT2D eigenvalue weighted by Crippen LogP contribution is -2.46. The van der Waals surface area contributed by atoms with Gasteiger partial charge in [0.05, 0.1) is 12.2 Å². The number of morpholine rings is 1. The first kappa shape index (κ1) is 14.4. The van der Waals surface area contributed by atoms with Gasteiger partial charge >= 0.3 is 0 Å². The molecule has 1 aliphatic heterocycles. The van der Waals surface area contributed by atoms with Crippen LogP contribution in [0.5, 0.6) is 0 Å². The van der Waals surface area contributed by atoms with E-state index in [0.717, 1.165) is 19.6 Å². The van der Waals surface area contributed by atoms with E-state index in [1.54, 1.807) is 0 Å². The van der Waals surface area contributed by atoms with E-state index in [-0.39, 0.29) is 0 Å². The van der Waals surface area contributed by atoms with Crippen molar-refractivity contribution in [1.29, 1.82) is 0 Å². The number of nitrogens with zero attached hydrogens (tertiary/aromatic N) is 1. The third-order valence-electron chi connectivity index (χ3n) is 3.67. The van der Waals surface area contributed by atoms with Gasteiger partial charge < -0.3 is 15.0 Å². The van der Waals surface area contributed by atoms with E-state index in [4.69, 9.17) is 4.74 Å². The molecule has 0 spiro atoms. The van der Waals surface area contributed by atoms with E-state index < -0.39 is 0 Å². The van der Waals surface area contributed by atoms with Crippen molar-refractivity contribution in [3.8, 4) is 0 Å². The van der Waals surface area contributed by atoms with Crippen LogP contribution in [0.15, 0.2) is 24.3 Å². The minimum Gasteiger partial charge on any atom is -0.372 e. The van der Waals surface area contributed by atoms with Crippen molar-refractivity contribution in [1.82, 2.24) is 5.32 Å². The van der Waals surface area contributed by atoms with Gasteiger partial charge in [0.2, 0.25) is 0 Å². The summed E-state index contributed by atoms with van der Waals surface area (Å²) in [6, 6.07) is 9.10. The fourth-order valence-corrected chi connectivity index (χ4v) is 2.93. The molecule has 3 atom stereocenters. The number of nitrogens with one attached hydrogen (secondary N) is 1.